The molecule has 0 radical (unpaired) electrons. The Bertz CT molecular complexity index is 1020. The van der Waals surface area contributed by atoms with E-state index in [1.807, 2.05) is 44.2 Å². The van der Waals surface area contributed by atoms with Gasteiger partial charge in [0.05, 0.1) is 17.0 Å². The van der Waals surface area contributed by atoms with Crippen LogP contribution in [0.25, 0.3) is 11.3 Å². The van der Waals surface area contributed by atoms with Crippen LogP contribution >= 0.6 is 11.8 Å². The molecule has 0 aliphatic carbocycles. The van der Waals surface area contributed by atoms with Crippen LogP contribution in [-0.4, -0.2) is 21.6 Å². The predicted molar refractivity (Wildman–Crippen MR) is 108 cm³/mol. The molecule has 0 aliphatic heterocycles. The summed E-state index contributed by atoms with van der Waals surface area (Å²) < 4.78 is 38.3. The largest absolute Gasteiger partial charge is 0.416 e. The van der Waals surface area contributed by atoms with Crippen LogP contribution in [-0.2, 0) is 11.0 Å². The van der Waals surface area contributed by atoms with Crippen molar-refractivity contribution < 1.29 is 18.0 Å². The topological polar surface area (TPSA) is 54.9 Å². The van der Waals surface area contributed by atoms with Gasteiger partial charge in [-0.15, -0.1) is 0 Å². The number of hydrogen-bond donors (Lipinski definition) is 1. The Labute approximate surface area is 170 Å². The first-order valence-electron chi connectivity index (χ1n) is 8.73. The van der Waals surface area contributed by atoms with Crippen molar-refractivity contribution in [2.45, 2.75) is 25.2 Å². The van der Waals surface area contributed by atoms with E-state index in [0.29, 0.717) is 5.16 Å². The zero-order chi connectivity index (χ0) is 21.0. The molecule has 0 aliphatic rings. The fourth-order valence-electron chi connectivity index (χ4n) is 2.58. The van der Waals surface area contributed by atoms with Gasteiger partial charge >= 0.3 is 6.18 Å². The van der Waals surface area contributed by atoms with Crippen molar-refractivity contribution in [2.75, 3.05) is 11.1 Å². The Kier molecular flexibility index (Phi) is 6.22. The lowest BCUT2D eigenvalue weighted by Crippen LogP contribution is -2.15. The summed E-state index contributed by atoms with van der Waals surface area (Å²) in [5.41, 5.74) is 2.87. The molecule has 3 aromatic rings. The smallest absolute Gasteiger partial charge is 0.325 e. The normalized spacial score (nSPS) is 11.3. The predicted octanol–water partition coefficient (Wildman–Crippen LogP) is 5.51. The van der Waals surface area contributed by atoms with E-state index in [1.165, 1.54) is 12.1 Å². The SMILES string of the molecule is Cc1ccc(-c2cc(C)nc(SCC(=O)Nc3cccc(C(F)(F)F)c3)n2)cc1. The Morgan fingerprint density at radius 1 is 1.03 bits per heavy atom. The quantitative estimate of drug-likeness (QED) is 0.439. The molecule has 2 aromatic carbocycles. The highest BCUT2D eigenvalue weighted by molar-refractivity contribution is 7.99. The van der Waals surface area contributed by atoms with Crippen molar-refractivity contribution in [1.29, 1.82) is 0 Å². The third-order valence-electron chi connectivity index (χ3n) is 3.99. The van der Waals surface area contributed by atoms with E-state index in [-0.39, 0.29) is 11.4 Å². The molecule has 0 fully saturated rings. The number of carbonyl (C=O) groups is 1. The Hall–Kier alpha value is -2.87. The first kappa shape index (κ1) is 20.9. The van der Waals surface area contributed by atoms with E-state index in [2.05, 4.69) is 15.3 Å². The monoisotopic (exact) mass is 417 g/mol. The number of amides is 1. The van der Waals surface area contributed by atoms with Crippen molar-refractivity contribution in [3.8, 4) is 11.3 Å². The maximum absolute atomic E-state index is 12.8. The Morgan fingerprint density at radius 2 is 1.76 bits per heavy atom. The fourth-order valence-corrected chi connectivity index (χ4v) is 3.28. The van der Waals surface area contributed by atoms with Gasteiger partial charge < -0.3 is 5.32 Å². The summed E-state index contributed by atoms with van der Waals surface area (Å²) in [4.78, 5) is 21.0. The second kappa shape index (κ2) is 8.65. The zero-order valence-electron chi connectivity index (χ0n) is 15.7. The molecule has 29 heavy (non-hydrogen) atoms. The molecule has 1 heterocycles. The molecular formula is C21H18F3N3OS. The summed E-state index contributed by atoms with van der Waals surface area (Å²) in [6, 6.07) is 14.3. The molecule has 0 atom stereocenters. The average Bonchev–Trinajstić information content (AvgIpc) is 2.66. The minimum atomic E-state index is -4.46. The van der Waals surface area contributed by atoms with Gasteiger partial charge in [0.25, 0.3) is 0 Å². The highest BCUT2D eigenvalue weighted by atomic mass is 32.2. The van der Waals surface area contributed by atoms with Gasteiger partial charge in [-0.1, -0.05) is 47.7 Å². The molecule has 0 unspecified atom stereocenters. The number of thioether (sulfide) groups is 1. The number of nitrogens with one attached hydrogen (secondary N) is 1. The van der Waals surface area contributed by atoms with Crippen LogP contribution in [0.15, 0.2) is 59.8 Å². The van der Waals surface area contributed by atoms with Crippen LogP contribution in [0.1, 0.15) is 16.8 Å². The molecule has 3 rings (SSSR count). The van der Waals surface area contributed by atoms with Crippen molar-refractivity contribution in [2.24, 2.45) is 0 Å². The van der Waals surface area contributed by atoms with Gasteiger partial charge in [0.15, 0.2) is 5.16 Å². The lowest BCUT2D eigenvalue weighted by molar-refractivity contribution is -0.137. The highest BCUT2D eigenvalue weighted by Crippen LogP contribution is 2.30. The molecule has 1 aromatic heterocycles. The van der Waals surface area contributed by atoms with Crippen LogP contribution in [0.5, 0.6) is 0 Å². The summed E-state index contributed by atoms with van der Waals surface area (Å²) in [6.07, 6.45) is -4.46. The minimum absolute atomic E-state index is 0.0208. The van der Waals surface area contributed by atoms with Crippen molar-refractivity contribution in [3.05, 3.63) is 71.4 Å². The molecular weight excluding hydrogens is 399 g/mol. The van der Waals surface area contributed by atoms with Gasteiger partial charge in [-0.2, -0.15) is 13.2 Å². The first-order valence-corrected chi connectivity index (χ1v) is 9.72. The van der Waals surface area contributed by atoms with Gasteiger partial charge in [0, 0.05) is 16.9 Å². The first-order chi connectivity index (χ1) is 13.7. The van der Waals surface area contributed by atoms with E-state index >= 15 is 0 Å². The lowest BCUT2D eigenvalue weighted by Gasteiger charge is -2.10. The molecule has 1 amide bonds. The minimum Gasteiger partial charge on any atom is -0.325 e. The van der Waals surface area contributed by atoms with Crippen LogP contribution < -0.4 is 5.32 Å². The molecule has 4 nitrogen and oxygen atoms in total. The molecule has 0 bridgehead atoms. The third kappa shape index (κ3) is 5.80. The van der Waals surface area contributed by atoms with E-state index in [1.54, 1.807) is 0 Å². The van der Waals surface area contributed by atoms with Gasteiger partial charge in [0.2, 0.25) is 5.91 Å². The Balaban J connectivity index is 1.67. The molecule has 0 spiro atoms. The number of aromatic nitrogens is 2. The maximum Gasteiger partial charge on any atom is 0.416 e. The van der Waals surface area contributed by atoms with E-state index in [9.17, 15) is 18.0 Å². The number of anilines is 1. The van der Waals surface area contributed by atoms with E-state index in [0.717, 1.165) is 46.4 Å². The van der Waals surface area contributed by atoms with Crippen LogP contribution in [0, 0.1) is 13.8 Å². The number of halogens is 3. The summed E-state index contributed by atoms with van der Waals surface area (Å²) in [5.74, 6) is -0.455. The fraction of sp³-hybridized carbons (Fsp3) is 0.190. The average molecular weight is 417 g/mol. The number of aryl methyl sites for hydroxylation is 2. The van der Waals surface area contributed by atoms with Crippen molar-refractivity contribution in [3.63, 3.8) is 0 Å². The van der Waals surface area contributed by atoms with E-state index in [4.69, 9.17) is 0 Å². The second-order valence-electron chi connectivity index (χ2n) is 6.46. The lowest BCUT2D eigenvalue weighted by atomic mass is 10.1. The van der Waals surface area contributed by atoms with Crippen molar-refractivity contribution in [1.82, 2.24) is 9.97 Å². The third-order valence-corrected chi connectivity index (χ3v) is 4.83. The van der Waals surface area contributed by atoms with E-state index < -0.39 is 17.6 Å². The summed E-state index contributed by atoms with van der Waals surface area (Å²) >= 11 is 1.13. The van der Waals surface area contributed by atoms with Gasteiger partial charge in [-0.05, 0) is 38.1 Å². The maximum atomic E-state index is 12.8. The molecule has 150 valence electrons. The van der Waals surface area contributed by atoms with Crippen molar-refractivity contribution >= 4 is 23.4 Å². The second-order valence-corrected chi connectivity index (χ2v) is 7.40. The van der Waals surface area contributed by atoms with Gasteiger partial charge in [0.1, 0.15) is 0 Å². The van der Waals surface area contributed by atoms with Crippen LogP contribution in [0.3, 0.4) is 0 Å². The van der Waals surface area contributed by atoms with Gasteiger partial charge in [-0.3, -0.25) is 4.79 Å². The molecule has 8 heteroatoms. The summed E-state index contributed by atoms with van der Waals surface area (Å²) in [7, 11) is 0. The van der Waals surface area contributed by atoms with Crippen LogP contribution in [0.2, 0.25) is 0 Å². The number of alkyl halides is 3. The summed E-state index contributed by atoms with van der Waals surface area (Å²) in [6.45, 7) is 3.84. The Morgan fingerprint density at radius 3 is 2.45 bits per heavy atom. The number of benzene rings is 2. The number of rotatable bonds is 5. The number of nitrogens with zero attached hydrogens (tertiary/aromatic N) is 2. The van der Waals surface area contributed by atoms with Crippen LogP contribution in [0.4, 0.5) is 18.9 Å². The molecule has 0 saturated heterocycles. The molecule has 0 saturated carbocycles. The zero-order valence-corrected chi connectivity index (χ0v) is 16.6. The molecule has 1 N–H and O–H groups in total. The standard InChI is InChI=1S/C21H18F3N3OS/c1-13-6-8-15(9-7-13)18-10-14(2)25-20(27-18)29-12-19(28)26-17-5-3-4-16(11-17)21(22,23)24/h3-11H,12H2,1-2H3,(H,26,28). The number of hydrogen-bond acceptors (Lipinski definition) is 4. The summed E-state index contributed by atoms with van der Waals surface area (Å²) in [5, 5.41) is 2.91. The number of carbonyl (C=O) groups excluding carboxylic acids is 1. The van der Waals surface area contributed by atoms with Gasteiger partial charge in [-0.25, -0.2) is 9.97 Å². The highest BCUT2D eigenvalue weighted by Gasteiger charge is 2.30.